The maximum absolute atomic E-state index is 5.68. The predicted octanol–water partition coefficient (Wildman–Crippen LogP) is 4.26. The van der Waals surface area contributed by atoms with Gasteiger partial charge in [-0.05, 0) is 50.8 Å². The molecule has 0 amide bonds. The largest absolute Gasteiger partial charge is 0.494 e. The van der Waals surface area contributed by atoms with E-state index in [1.165, 1.54) is 6.42 Å². The number of rotatable bonds is 7. The van der Waals surface area contributed by atoms with Crippen molar-refractivity contribution in [2.75, 3.05) is 13.2 Å². The minimum atomic E-state index is 0.186. The maximum Gasteiger partial charge on any atom is 0.119 e. The molecule has 108 valence electrons. The van der Waals surface area contributed by atoms with Gasteiger partial charge >= 0.3 is 0 Å². The second-order valence-electron chi connectivity index (χ2n) is 7.06. The molecule has 0 heterocycles. The van der Waals surface area contributed by atoms with Crippen molar-refractivity contribution in [3.05, 3.63) is 30.3 Å². The summed E-state index contributed by atoms with van der Waals surface area (Å²) < 4.78 is 5.68. The van der Waals surface area contributed by atoms with Crippen molar-refractivity contribution in [2.45, 2.75) is 53.0 Å². The second kappa shape index (κ2) is 6.95. The van der Waals surface area contributed by atoms with Gasteiger partial charge in [0.25, 0.3) is 0 Å². The number of hydrogen-bond donors (Lipinski definition) is 1. The molecule has 0 saturated carbocycles. The monoisotopic (exact) mass is 263 g/mol. The van der Waals surface area contributed by atoms with E-state index in [9.17, 15) is 0 Å². The summed E-state index contributed by atoms with van der Waals surface area (Å²) in [6.45, 7) is 13.2. The fourth-order valence-corrected chi connectivity index (χ4v) is 2.59. The zero-order chi connectivity index (χ0) is 14.4. The van der Waals surface area contributed by atoms with Crippen LogP contribution in [0.1, 0.15) is 47.5 Å². The van der Waals surface area contributed by atoms with Gasteiger partial charge < -0.3 is 10.1 Å². The van der Waals surface area contributed by atoms with Crippen LogP contribution in [0.25, 0.3) is 0 Å². The van der Waals surface area contributed by atoms with E-state index in [4.69, 9.17) is 4.74 Å². The van der Waals surface area contributed by atoms with Crippen LogP contribution in [0.5, 0.6) is 5.75 Å². The molecular weight excluding hydrogens is 234 g/mol. The van der Waals surface area contributed by atoms with E-state index in [1.807, 2.05) is 30.3 Å². The minimum Gasteiger partial charge on any atom is -0.494 e. The summed E-state index contributed by atoms with van der Waals surface area (Å²) in [7, 11) is 0. The van der Waals surface area contributed by atoms with E-state index in [0.717, 1.165) is 25.3 Å². The Morgan fingerprint density at radius 3 is 2.21 bits per heavy atom. The third-order valence-electron chi connectivity index (χ3n) is 2.91. The van der Waals surface area contributed by atoms with Crippen molar-refractivity contribution in [1.82, 2.24) is 5.32 Å². The van der Waals surface area contributed by atoms with Crippen LogP contribution in [-0.4, -0.2) is 18.7 Å². The number of nitrogens with one attached hydrogen (secondary N) is 1. The SMILES string of the molecule is CC(C)(C)CC(C)(C)NCCCOc1ccccc1. The summed E-state index contributed by atoms with van der Waals surface area (Å²) in [6, 6.07) is 10.00. The van der Waals surface area contributed by atoms with Crippen LogP contribution in [0.15, 0.2) is 30.3 Å². The van der Waals surface area contributed by atoms with Crippen LogP contribution < -0.4 is 10.1 Å². The molecule has 0 fully saturated rings. The molecule has 0 aliphatic heterocycles. The molecule has 1 aromatic carbocycles. The van der Waals surface area contributed by atoms with Crippen molar-refractivity contribution >= 4 is 0 Å². The standard InChI is InChI=1S/C17H29NO/c1-16(2,3)14-17(4,5)18-12-9-13-19-15-10-7-6-8-11-15/h6-8,10-11,18H,9,12-14H2,1-5H3. The smallest absolute Gasteiger partial charge is 0.119 e. The summed E-state index contributed by atoms with van der Waals surface area (Å²) in [5, 5.41) is 3.62. The van der Waals surface area contributed by atoms with Crippen molar-refractivity contribution in [3.8, 4) is 5.75 Å². The molecule has 1 N–H and O–H groups in total. The van der Waals surface area contributed by atoms with Gasteiger partial charge in [-0.15, -0.1) is 0 Å². The van der Waals surface area contributed by atoms with E-state index < -0.39 is 0 Å². The van der Waals surface area contributed by atoms with Crippen molar-refractivity contribution < 1.29 is 4.74 Å². The first-order valence-electron chi connectivity index (χ1n) is 7.21. The van der Waals surface area contributed by atoms with Gasteiger partial charge in [0.2, 0.25) is 0 Å². The van der Waals surface area contributed by atoms with Gasteiger partial charge in [0.15, 0.2) is 0 Å². The van der Waals surface area contributed by atoms with Gasteiger partial charge in [-0.25, -0.2) is 0 Å². The van der Waals surface area contributed by atoms with Gasteiger partial charge in [0, 0.05) is 5.54 Å². The Hall–Kier alpha value is -1.02. The second-order valence-corrected chi connectivity index (χ2v) is 7.06. The lowest BCUT2D eigenvalue weighted by Crippen LogP contribution is -2.43. The lowest BCUT2D eigenvalue weighted by molar-refractivity contribution is 0.233. The van der Waals surface area contributed by atoms with Crippen LogP contribution in [0, 0.1) is 5.41 Å². The van der Waals surface area contributed by atoms with E-state index in [-0.39, 0.29) is 5.54 Å². The molecule has 0 aliphatic carbocycles. The van der Waals surface area contributed by atoms with E-state index in [1.54, 1.807) is 0 Å². The fourth-order valence-electron chi connectivity index (χ4n) is 2.59. The Kier molecular flexibility index (Phi) is 5.86. The highest BCUT2D eigenvalue weighted by Crippen LogP contribution is 2.26. The lowest BCUT2D eigenvalue weighted by Gasteiger charge is -2.33. The Morgan fingerprint density at radius 2 is 1.63 bits per heavy atom. The highest BCUT2D eigenvalue weighted by Gasteiger charge is 2.24. The number of benzene rings is 1. The molecule has 0 radical (unpaired) electrons. The van der Waals surface area contributed by atoms with E-state index in [2.05, 4.69) is 39.9 Å². The van der Waals surface area contributed by atoms with Gasteiger partial charge in [-0.2, -0.15) is 0 Å². The molecule has 2 nitrogen and oxygen atoms in total. The molecule has 1 aromatic rings. The van der Waals surface area contributed by atoms with Gasteiger partial charge in [-0.3, -0.25) is 0 Å². The van der Waals surface area contributed by atoms with Crippen molar-refractivity contribution in [2.24, 2.45) is 5.41 Å². The predicted molar refractivity (Wildman–Crippen MR) is 82.7 cm³/mol. The highest BCUT2D eigenvalue weighted by molar-refractivity contribution is 5.20. The number of ether oxygens (including phenoxy) is 1. The molecule has 2 heteroatoms. The first-order valence-corrected chi connectivity index (χ1v) is 7.21. The third kappa shape index (κ3) is 7.89. The molecule has 0 atom stereocenters. The topological polar surface area (TPSA) is 21.3 Å². The quantitative estimate of drug-likeness (QED) is 0.742. The first kappa shape index (κ1) is 16.0. The first-order chi connectivity index (χ1) is 8.79. The highest BCUT2D eigenvalue weighted by atomic mass is 16.5. The third-order valence-corrected chi connectivity index (χ3v) is 2.91. The summed E-state index contributed by atoms with van der Waals surface area (Å²) in [4.78, 5) is 0. The fraction of sp³-hybridized carbons (Fsp3) is 0.647. The Bertz CT molecular complexity index is 351. The van der Waals surface area contributed by atoms with Crippen molar-refractivity contribution in [3.63, 3.8) is 0 Å². The average molecular weight is 263 g/mol. The van der Waals surface area contributed by atoms with Gasteiger partial charge in [-0.1, -0.05) is 39.0 Å². The van der Waals surface area contributed by atoms with Crippen LogP contribution >= 0.6 is 0 Å². The molecule has 19 heavy (non-hydrogen) atoms. The average Bonchev–Trinajstić information content (AvgIpc) is 2.26. The Morgan fingerprint density at radius 1 is 1.00 bits per heavy atom. The number of para-hydroxylation sites is 1. The molecule has 0 unspecified atom stereocenters. The molecule has 0 aromatic heterocycles. The summed E-state index contributed by atoms with van der Waals surface area (Å²) in [5.41, 5.74) is 0.544. The van der Waals surface area contributed by atoms with Crippen LogP contribution in [0.4, 0.5) is 0 Å². The summed E-state index contributed by atoms with van der Waals surface area (Å²) >= 11 is 0. The Balaban J connectivity index is 2.17. The zero-order valence-electron chi connectivity index (χ0n) is 13.1. The van der Waals surface area contributed by atoms with E-state index in [0.29, 0.717) is 5.41 Å². The molecule has 0 bridgehead atoms. The minimum absolute atomic E-state index is 0.186. The van der Waals surface area contributed by atoms with Gasteiger partial charge in [0.05, 0.1) is 6.61 Å². The van der Waals surface area contributed by atoms with Gasteiger partial charge in [0.1, 0.15) is 5.75 Å². The molecular formula is C17H29NO. The van der Waals surface area contributed by atoms with Crippen molar-refractivity contribution in [1.29, 1.82) is 0 Å². The summed E-state index contributed by atoms with van der Waals surface area (Å²) in [6.07, 6.45) is 2.20. The van der Waals surface area contributed by atoms with Crippen LogP contribution in [-0.2, 0) is 0 Å². The summed E-state index contributed by atoms with van der Waals surface area (Å²) in [5.74, 6) is 0.955. The lowest BCUT2D eigenvalue weighted by atomic mass is 9.82. The molecule has 0 saturated heterocycles. The Labute approximate surface area is 118 Å². The van der Waals surface area contributed by atoms with E-state index >= 15 is 0 Å². The van der Waals surface area contributed by atoms with Crippen LogP contribution in [0.2, 0.25) is 0 Å². The molecule has 0 aliphatic rings. The normalized spacial score (nSPS) is 12.5. The molecule has 1 rings (SSSR count). The maximum atomic E-state index is 5.68. The molecule has 0 spiro atoms. The number of hydrogen-bond acceptors (Lipinski definition) is 2. The zero-order valence-corrected chi connectivity index (χ0v) is 13.1. The van der Waals surface area contributed by atoms with Crippen LogP contribution in [0.3, 0.4) is 0 Å².